The number of nitrogens with zero attached hydrogens (tertiary/aromatic N) is 2. The quantitative estimate of drug-likeness (QED) is 0.577. The third kappa shape index (κ3) is 2.23. The van der Waals surface area contributed by atoms with Crippen LogP contribution in [0.2, 0.25) is 0 Å². The van der Waals surface area contributed by atoms with Gasteiger partial charge in [-0.25, -0.2) is 0 Å². The summed E-state index contributed by atoms with van der Waals surface area (Å²) in [4.78, 5) is 22.7. The van der Waals surface area contributed by atoms with Gasteiger partial charge in [-0.3, -0.25) is 20.0 Å². The van der Waals surface area contributed by atoms with Crippen LogP contribution >= 0.6 is 0 Å². The maximum atomic E-state index is 12.3. The van der Waals surface area contributed by atoms with E-state index in [1.54, 1.807) is 0 Å². The lowest BCUT2D eigenvalue weighted by molar-refractivity contribution is -0.385. The molecule has 2 atom stereocenters. The van der Waals surface area contributed by atoms with E-state index in [9.17, 15) is 20.0 Å². The van der Waals surface area contributed by atoms with Crippen LogP contribution in [-0.2, 0) is 6.42 Å². The Morgan fingerprint density at radius 2 is 2.23 bits per heavy atom. The summed E-state index contributed by atoms with van der Waals surface area (Å²) < 4.78 is 0. The molecule has 8 nitrogen and oxygen atoms in total. The monoisotopic (exact) mass is 302 g/mol. The first-order chi connectivity index (χ1) is 10.5. The number of carbonyl (C=O) groups is 1. The van der Waals surface area contributed by atoms with Crippen LogP contribution in [0.25, 0.3) is 0 Å². The van der Waals surface area contributed by atoms with Gasteiger partial charge in [0.25, 0.3) is 5.91 Å². The number of amides is 1. The molecule has 0 saturated heterocycles. The molecule has 22 heavy (non-hydrogen) atoms. The standard InChI is InChI=1S/C14H14N4O4/c1-7-13(18(21)22)12(17-16-7)14(20)15-11-9-5-3-2-4-8(9)6-10(11)19/h2-5,10-11,19H,6H2,1H3,(H,15,20)(H,16,17)/t10-,11-/m1/s1. The zero-order chi connectivity index (χ0) is 15.9. The van der Waals surface area contributed by atoms with Crippen molar-refractivity contribution >= 4 is 11.6 Å². The highest BCUT2D eigenvalue weighted by atomic mass is 16.6. The number of aromatic amines is 1. The van der Waals surface area contributed by atoms with Crippen molar-refractivity contribution in [1.29, 1.82) is 0 Å². The summed E-state index contributed by atoms with van der Waals surface area (Å²) in [5.41, 5.74) is 1.35. The number of rotatable bonds is 3. The van der Waals surface area contributed by atoms with E-state index in [1.807, 2.05) is 24.3 Å². The number of hydrogen-bond donors (Lipinski definition) is 3. The van der Waals surface area contributed by atoms with Gasteiger partial charge in [0, 0.05) is 6.42 Å². The van der Waals surface area contributed by atoms with Crippen molar-refractivity contribution < 1.29 is 14.8 Å². The molecular weight excluding hydrogens is 288 g/mol. The summed E-state index contributed by atoms with van der Waals surface area (Å²) >= 11 is 0. The van der Waals surface area contributed by atoms with Crippen molar-refractivity contribution in [3.05, 3.63) is 56.9 Å². The summed E-state index contributed by atoms with van der Waals surface area (Å²) in [5, 5.41) is 29.9. The highest BCUT2D eigenvalue weighted by Crippen LogP contribution is 2.32. The van der Waals surface area contributed by atoms with Crippen LogP contribution in [0.15, 0.2) is 24.3 Å². The van der Waals surface area contributed by atoms with Crippen LogP contribution in [-0.4, -0.2) is 32.2 Å². The van der Waals surface area contributed by atoms with Gasteiger partial charge in [-0.1, -0.05) is 24.3 Å². The van der Waals surface area contributed by atoms with Gasteiger partial charge in [-0.2, -0.15) is 5.10 Å². The van der Waals surface area contributed by atoms with Gasteiger partial charge in [-0.05, 0) is 18.1 Å². The summed E-state index contributed by atoms with van der Waals surface area (Å²) in [7, 11) is 0. The van der Waals surface area contributed by atoms with Gasteiger partial charge in [0.15, 0.2) is 0 Å². The van der Waals surface area contributed by atoms with Gasteiger partial charge in [0.1, 0.15) is 5.69 Å². The van der Waals surface area contributed by atoms with Crippen LogP contribution in [0.1, 0.15) is 33.4 Å². The molecule has 0 bridgehead atoms. The number of carbonyl (C=O) groups excluding carboxylic acids is 1. The predicted octanol–water partition coefficient (Wildman–Crippen LogP) is 1.01. The number of H-pyrrole nitrogens is 1. The number of nitro groups is 1. The average molecular weight is 302 g/mol. The van der Waals surface area contributed by atoms with Gasteiger partial charge >= 0.3 is 5.69 Å². The summed E-state index contributed by atoms with van der Waals surface area (Å²) in [6, 6.07) is 6.78. The minimum atomic E-state index is -0.763. The Bertz CT molecular complexity index is 755. The number of nitrogens with one attached hydrogen (secondary N) is 2. The van der Waals surface area contributed by atoms with E-state index >= 15 is 0 Å². The van der Waals surface area contributed by atoms with E-state index in [2.05, 4.69) is 15.5 Å². The molecule has 8 heteroatoms. The van der Waals surface area contributed by atoms with Crippen LogP contribution in [0.5, 0.6) is 0 Å². The van der Waals surface area contributed by atoms with Crippen molar-refractivity contribution in [3.8, 4) is 0 Å². The van der Waals surface area contributed by atoms with Crippen molar-refractivity contribution in [2.24, 2.45) is 0 Å². The van der Waals surface area contributed by atoms with Gasteiger partial charge in [-0.15, -0.1) is 0 Å². The normalized spacial score (nSPS) is 19.7. The molecule has 0 aliphatic heterocycles. The number of hydrogen-bond acceptors (Lipinski definition) is 5. The minimum Gasteiger partial charge on any atom is -0.390 e. The molecule has 3 rings (SSSR count). The lowest BCUT2D eigenvalue weighted by atomic mass is 10.1. The Labute approximate surface area is 125 Å². The molecule has 1 heterocycles. The molecular formula is C14H14N4O4. The molecule has 1 aliphatic rings. The number of benzene rings is 1. The Balaban J connectivity index is 1.88. The van der Waals surface area contributed by atoms with E-state index in [0.29, 0.717) is 6.42 Å². The zero-order valence-electron chi connectivity index (χ0n) is 11.7. The molecule has 1 aromatic carbocycles. The van der Waals surface area contributed by atoms with Crippen molar-refractivity contribution in [2.75, 3.05) is 0 Å². The average Bonchev–Trinajstić information content (AvgIpc) is 3.00. The lowest BCUT2D eigenvalue weighted by Gasteiger charge is -2.17. The molecule has 2 aromatic rings. The predicted molar refractivity (Wildman–Crippen MR) is 76.3 cm³/mol. The maximum Gasteiger partial charge on any atom is 0.322 e. The van der Waals surface area contributed by atoms with Crippen LogP contribution in [0.3, 0.4) is 0 Å². The van der Waals surface area contributed by atoms with Crippen LogP contribution < -0.4 is 5.32 Å². The van der Waals surface area contributed by atoms with E-state index < -0.39 is 23.0 Å². The number of fused-ring (bicyclic) bond motifs is 1. The topological polar surface area (TPSA) is 121 Å². The number of aromatic nitrogens is 2. The van der Waals surface area contributed by atoms with Gasteiger partial charge in [0.05, 0.1) is 17.1 Å². The van der Waals surface area contributed by atoms with Crippen molar-refractivity contribution in [1.82, 2.24) is 15.5 Å². The number of aryl methyl sites for hydroxylation is 1. The van der Waals surface area contributed by atoms with E-state index in [-0.39, 0.29) is 17.1 Å². The fraction of sp³-hybridized carbons (Fsp3) is 0.286. The molecule has 1 amide bonds. The Morgan fingerprint density at radius 3 is 2.95 bits per heavy atom. The minimum absolute atomic E-state index is 0.211. The summed E-state index contributed by atoms with van der Waals surface area (Å²) in [6.07, 6.45) is -0.330. The van der Waals surface area contributed by atoms with E-state index in [1.165, 1.54) is 6.92 Å². The molecule has 0 spiro atoms. The van der Waals surface area contributed by atoms with Crippen molar-refractivity contribution in [2.45, 2.75) is 25.5 Å². The Hall–Kier alpha value is -2.74. The molecule has 0 fully saturated rings. The fourth-order valence-electron chi connectivity index (χ4n) is 2.76. The summed E-state index contributed by atoms with van der Waals surface area (Å²) in [5.74, 6) is -0.684. The molecule has 1 aromatic heterocycles. The van der Waals surface area contributed by atoms with Gasteiger partial charge < -0.3 is 10.4 Å². The van der Waals surface area contributed by atoms with E-state index in [0.717, 1.165) is 11.1 Å². The smallest absolute Gasteiger partial charge is 0.322 e. The Kier molecular flexibility index (Phi) is 3.38. The van der Waals surface area contributed by atoms with Crippen LogP contribution in [0.4, 0.5) is 5.69 Å². The highest BCUT2D eigenvalue weighted by molar-refractivity contribution is 5.96. The fourth-order valence-corrected chi connectivity index (χ4v) is 2.76. The first-order valence-corrected chi connectivity index (χ1v) is 6.75. The maximum absolute atomic E-state index is 12.3. The molecule has 0 radical (unpaired) electrons. The van der Waals surface area contributed by atoms with E-state index in [4.69, 9.17) is 0 Å². The molecule has 0 saturated carbocycles. The zero-order valence-corrected chi connectivity index (χ0v) is 11.7. The molecule has 1 aliphatic carbocycles. The van der Waals surface area contributed by atoms with Crippen LogP contribution in [0, 0.1) is 17.0 Å². The lowest BCUT2D eigenvalue weighted by Crippen LogP contribution is -2.34. The molecule has 0 unspecified atom stereocenters. The second-order valence-corrected chi connectivity index (χ2v) is 5.22. The van der Waals surface area contributed by atoms with Crippen molar-refractivity contribution in [3.63, 3.8) is 0 Å². The SMILES string of the molecule is Cc1[nH]nc(C(=O)N[C@@H]2c3ccccc3C[C@H]2O)c1[N+](=O)[O-]. The Morgan fingerprint density at radius 1 is 1.50 bits per heavy atom. The van der Waals surface area contributed by atoms with Gasteiger partial charge in [0.2, 0.25) is 5.69 Å². The molecule has 3 N–H and O–H groups in total. The second kappa shape index (κ2) is 5.23. The third-order valence-corrected chi connectivity index (χ3v) is 3.80. The number of aliphatic hydroxyl groups is 1. The summed E-state index contributed by atoms with van der Waals surface area (Å²) in [6.45, 7) is 1.47. The number of aliphatic hydroxyl groups excluding tert-OH is 1. The molecule has 114 valence electrons. The highest BCUT2D eigenvalue weighted by Gasteiger charge is 2.35. The first-order valence-electron chi connectivity index (χ1n) is 6.75. The first kappa shape index (κ1) is 14.2. The third-order valence-electron chi connectivity index (χ3n) is 3.80. The largest absolute Gasteiger partial charge is 0.390 e. The second-order valence-electron chi connectivity index (χ2n) is 5.22.